The summed E-state index contributed by atoms with van der Waals surface area (Å²) in [6.07, 6.45) is 12.1. The molecule has 0 radical (unpaired) electrons. The summed E-state index contributed by atoms with van der Waals surface area (Å²) in [5.41, 5.74) is 2.24. The van der Waals surface area contributed by atoms with Gasteiger partial charge in [0.15, 0.2) is 0 Å². The predicted molar refractivity (Wildman–Crippen MR) is 82.9 cm³/mol. The average Bonchev–Trinajstić information content (AvgIpc) is 2.73. The molecule has 114 valence electrons. The van der Waals surface area contributed by atoms with Gasteiger partial charge in [-0.3, -0.25) is 4.68 Å². The number of aliphatic hydroxyl groups excluding tert-OH is 1. The molecule has 1 aliphatic carbocycles. The Morgan fingerprint density at radius 1 is 0.950 bits per heavy atom. The van der Waals surface area contributed by atoms with Crippen LogP contribution in [0.1, 0.15) is 81.6 Å². The summed E-state index contributed by atoms with van der Waals surface area (Å²) in [5, 5.41) is 15.2. The second-order valence-electron chi connectivity index (χ2n) is 6.41. The molecule has 0 aromatic carbocycles. The van der Waals surface area contributed by atoms with Gasteiger partial charge in [0.2, 0.25) is 0 Å². The van der Waals surface area contributed by atoms with E-state index in [9.17, 15) is 5.11 Å². The van der Waals surface area contributed by atoms with Crippen LogP contribution in [0.15, 0.2) is 6.07 Å². The molecule has 2 unspecified atom stereocenters. The Morgan fingerprint density at radius 2 is 1.50 bits per heavy atom. The smallest absolute Gasteiger partial charge is 0.0781 e. The van der Waals surface area contributed by atoms with E-state index in [4.69, 9.17) is 0 Å². The van der Waals surface area contributed by atoms with E-state index in [1.165, 1.54) is 50.6 Å². The van der Waals surface area contributed by atoms with Crippen molar-refractivity contribution < 1.29 is 5.11 Å². The van der Waals surface area contributed by atoms with Gasteiger partial charge in [0.25, 0.3) is 0 Å². The molecule has 2 atom stereocenters. The first-order chi connectivity index (χ1) is 9.68. The summed E-state index contributed by atoms with van der Waals surface area (Å²) in [4.78, 5) is 0. The van der Waals surface area contributed by atoms with Crippen LogP contribution in [0.25, 0.3) is 0 Å². The van der Waals surface area contributed by atoms with Crippen molar-refractivity contribution in [3.63, 3.8) is 0 Å². The number of aliphatic hydroxyl groups is 1. The van der Waals surface area contributed by atoms with Gasteiger partial charge in [0, 0.05) is 5.69 Å². The summed E-state index contributed by atoms with van der Waals surface area (Å²) < 4.78 is 2.08. The highest BCUT2D eigenvalue weighted by Gasteiger charge is 2.23. The fraction of sp³-hybridized carbons (Fsp3) is 0.824. The van der Waals surface area contributed by atoms with Gasteiger partial charge >= 0.3 is 0 Å². The maximum atomic E-state index is 10.6. The van der Waals surface area contributed by atoms with Crippen LogP contribution in [-0.4, -0.2) is 21.0 Å². The number of nitrogens with zero attached hydrogens (tertiary/aromatic N) is 2. The second kappa shape index (κ2) is 7.82. The first-order valence-electron chi connectivity index (χ1n) is 8.39. The third-order valence-corrected chi connectivity index (χ3v) is 4.55. The Bertz CT molecular complexity index is 400. The molecule has 1 fully saturated rings. The minimum atomic E-state index is -0.243. The van der Waals surface area contributed by atoms with Crippen LogP contribution in [0.5, 0.6) is 0 Å². The molecule has 0 bridgehead atoms. The van der Waals surface area contributed by atoms with E-state index < -0.39 is 0 Å². The summed E-state index contributed by atoms with van der Waals surface area (Å²) in [7, 11) is 0. The molecule has 3 heteroatoms. The van der Waals surface area contributed by atoms with E-state index in [-0.39, 0.29) is 12.1 Å². The molecule has 1 saturated carbocycles. The van der Waals surface area contributed by atoms with Crippen LogP contribution < -0.4 is 0 Å². The Balaban J connectivity index is 2.06. The molecular formula is C17H30N2O. The van der Waals surface area contributed by atoms with Crippen molar-refractivity contribution >= 4 is 0 Å². The zero-order chi connectivity index (χ0) is 14.4. The van der Waals surface area contributed by atoms with Gasteiger partial charge in [-0.25, -0.2) is 0 Å². The third kappa shape index (κ3) is 4.34. The maximum Gasteiger partial charge on any atom is 0.0781 e. The van der Waals surface area contributed by atoms with Crippen LogP contribution in [-0.2, 0) is 0 Å². The van der Waals surface area contributed by atoms with Crippen LogP contribution >= 0.6 is 0 Å². The highest BCUT2D eigenvalue weighted by molar-refractivity contribution is 5.08. The van der Waals surface area contributed by atoms with Crippen LogP contribution in [0.3, 0.4) is 0 Å². The van der Waals surface area contributed by atoms with Crippen molar-refractivity contribution in [2.45, 2.75) is 90.2 Å². The van der Waals surface area contributed by atoms with Crippen molar-refractivity contribution in [2.75, 3.05) is 0 Å². The largest absolute Gasteiger partial charge is 0.391 e. The molecule has 2 rings (SSSR count). The number of aromatic nitrogens is 2. The number of rotatable bonds is 1. The van der Waals surface area contributed by atoms with E-state index >= 15 is 0 Å². The van der Waals surface area contributed by atoms with Gasteiger partial charge in [-0.2, -0.15) is 5.10 Å². The predicted octanol–water partition coefficient (Wildman–Crippen LogP) is 4.32. The first kappa shape index (κ1) is 15.6. The van der Waals surface area contributed by atoms with Gasteiger partial charge in [0.1, 0.15) is 0 Å². The summed E-state index contributed by atoms with van der Waals surface area (Å²) in [6, 6.07) is 2.28. The van der Waals surface area contributed by atoms with Gasteiger partial charge in [-0.15, -0.1) is 0 Å². The Kier molecular flexibility index (Phi) is 6.08. The van der Waals surface area contributed by atoms with Crippen molar-refractivity contribution in [3.05, 3.63) is 17.5 Å². The second-order valence-corrected chi connectivity index (χ2v) is 6.41. The average molecular weight is 278 g/mol. The lowest BCUT2D eigenvalue weighted by molar-refractivity contribution is 0.0864. The van der Waals surface area contributed by atoms with E-state index in [1.807, 2.05) is 6.92 Å². The molecular weight excluding hydrogens is 248 g/mol. The highest BCUT2D eigenvalue weighted by atomic mass is 16.3. The Morgan fingerprint density at radius 3 is 2.05 bits per heavy atom. The lowest BCUT2D eigenvalue weighted by Crippen LogP contribution is -2.26. The van der Waals surface area contributed by atoms with Crippen molar-refractivity contribution in [3.8, 4) is 0 Å². The SMILES string of the molecule is Cc1cc(C)n(C2CCCCCCCCCCC2O)n1. The maximum absolute atomic E-state index is 10.6. The normalized spacial score (nSPS) is 26.8. The quantitative estimate of drug-likeness (QED) is 0.831. The fourth-order valence-electron chi connectivity index (χ4n) is 3.42. The molecule has 3 nitrogen and oxygen atoms in total. The molecule has 0 aliphatic heterocycles. The standard InChI is InChI=1S/C17H30N2O/c1-14-13-15(2)19(18-14)16-11-9-7-5-3-4-6-8-10-12-17(16)20/h13,16-17,20H,3-12H2,1-2H3. The van der Waals surface area contributed by atoms with Gasteiger partial charge in [-0.1, -0.05) is 51.4 Å². The summed E-state index contributed by atoms with van der Waals surface area (Å²) in [6.45, 7) is 4.13. The Labute approximate surface area is 123 Å². The van der Waals surface area contributed by atoms with Gasteiger partial charge in [-0.05, 0) is 32.8 Å². The molecule has 0 saturated heterocycles. The minimum absolute atomic E-state index is 0.170. The van der Waals surface area contributed by atoms with Crippen LogP contribution in [0.4, 0.5) is 0 Å². The van der Waals surface area contributed by atoms with Crippen molar-refractivity contribution in [1.29, 1.82) is 0 Å². The lowest BCUT2D eigenvalue weighted by Gasteiger charge is -2.25. The molecule has 1 aliphatic rings. The van der Waals surface area contributed by atoms with E-state index in [1.54, 1.807) is 0 Å². The Hall–Kier alpha value is -0.830. The van der Waals surface area contributed by atoms with Crippen LogP contribution in [0.2, 0.25) is 0 Å². The zero-order valence-electron chi connectivity index (χ0n) is 13.1. The monoisotopic (exact) mass is 278 g/mol. The van der Waals surface area contributed by atoms with Gasteiger partial charge in [0.05, 0.1) is 17.8 Å². The minimum Gasteiger partial charge on any atom is -0.391 e. The number of hydrogen-bond acceptors (Lipinski definition) is 2. The van der Waals surface area contributed by atoms with Crippen LogP contribution in [0, 0.1) is 13.8 Å². The number of hydrogen-bond donors (Lipinski definition) is 1. The van der Waals surface area contributed by atoms with E-state index in [0.717, 1.165) is 25.0 Å². The van der Waals surface area contributed by atoms with Crippen molar-refractivity contribution in [1.82, 2.24) is 9.78 Å². The first-order valence-corrected chi connectivity index (χ1v) is 8.39. The third-order valence-electron chi connectivity index (χ3n) is 4.55. The zero-order valence-corrected chi connectivity index (χ0v) is 13.1. The lowest BCUT2D eigenvalue weighted by atomic mass is 9.96. The molecule has 1 N–H and O–H groups in total. The summed E-state index contributed by atoms with van der Waals surface area (Å²) >= 11 is 0. The topological polar surface area (TPSA) is 38.0 Å². The summed E-state index contributed by atoms with van der Waals surface area (Å²) in [5.74, 6) is 0. The highest BCUT2D eigenvalue weighted by Crippen LogP contribution is 2.26. The van der Waals surface area contributed by atoms with E-state index in [0.29, 0.717) is 0 Å². The molecule has 0 amide bonds. The molecule has 0 spiro atoms. The van der Waals surface area contributed by atoms with E-state index in [2.05, 4.69) is 22.8 Å². The van der Waals surface area contributed by atoms with Gasteiger partial charge < -0.3 is 5.11 Å². The number of aryl methyl sites for hydroxylation is 2. The molecule has 20 heavy (non-hydrogen) atoms. The van der Waals surface area contributed by atoms with Crippen molar-refractivity contribution in [2.24, 2.45) is 0 Å². The molecule has 1 aromatic heterocycles. The fourth-order valence-corrected chi connectivity index (χ4v) is 3.42. The molecule has 1 heterocycles. The molecule has 1 aromatic rings.